The highest BCUT2D eigenvalue weighted by Gasteiger charge is 2.03. The maximum absolute atomic E-state index is 8.98. The van der Waals surface area contributed by atoms with E-state index in [-0.39, 0.29) is 6.61 Å². The average Bonchev–Trinajstić information content (AvgIpc) is 3.02. The number of hydrogen-bond acceptors (Lipinski definition) is 7. The number of nitrogens with zero attached hydrogens (tertiary/aromatic N) is 6. The Bertz CT molecular complexity index is 615. The Labute approximate surface area is 134 Å². The molecule has 2 heterocycles. The smallest absolute Gasteiger partial charge is 0.108 e. The van der Waals surface area contributed by atoms with Gasteiger partial charge in [-0.05, 0) is 25.0 Å². The predicted octanol–water partition coefficient (Wildman–Crippen LogP) is 0.836. The molecule has 124 valence electrons. The van der Waals surface area contributed by atoms with Crippen molar-refractivity contribution in [2.45, 2.75) is 32.6 Å². The highest BCUT2D eigenvalue weighted by atomic mass is 16.5. The number of aliphatic hydroxyl groups excluding tert-OH is 1. The first-order valence-corrected chi connectivity index (χ1v) is 7.41. The Morgan fingerprint density at radius 1 is 1.22 bits per heavy atom. The number of ether oxygens (including phenoxy) is 1. The van der Waals surface area contributed by atoms with E-state index in [2.05, 4.69) is 25.6 Å². The van der Waals surface area contributed by atoms with E-state index in [9.17, 15) is 0 Å². The minimum absolute atomic E-state index is 0.117. The van der Waals surface area contributed by atoms with Crippen LogP contribution < -0.4 is 5.84 Å². The van der Waals surface area contributed by atoms with Crippen molar-refractivity contribution in [1.29, 1.82) is 0 Å². The van der Waals surface area contributed by atoms with Crippen LogP contribution in [0.5, 0.6) is 0 Å². The van der Waals surface area contributed by atoms with Crippen LogP contribution in [0.4, 0.5) is 0 Å². The van der Waals surface area contributed by atoms with Gasteiger partial charge in [-0.2, -0.15) is 5.11 Å². The number of pyridine rings is 1. The fraction of sp³-hybridized carbons (Fsp3) is 0.500. The van der Waals surface area contributed by atoms with Crippen LogP contribution in [0.25, 0.3) is 0 Å². The van der Waals surface area contributed by atoms with Crippen LogP contribution in [0, 0.1) is 0 Å². The fourth-order valence-electron chi connectivity index (χ4n) is 1.97. The van der Waals surface area contributed by atoms with Crippen molar-refractivity contribution in [3.05, 3.63) is 41.5 Å². The van der Waals surface area contributed by atoms with Gasteiger partial charge in [-0.3, -0.25) is 4.98 Å². The van der Waals surface area contributed by atoms with Crippen LogP contribution in [0.1, 0.15) is 29.9 Å². The molecule has 0 saturated carbocycles. The fourth-order valence-corrected chi connectivity index (χ4v) is 1.97. The molecule has 23 heavy (non-hydrogen) atoms. The van der Waals surface area contributed by atoms with Crippen LogP contribution >= 0.6 is 0 Å². The van der Waals surface area contributed by atoms with Crippen LogP contribution in [0.15, 0.2) is 34.7 Å². The molecule has 0 atom stereocenters. The van der Waals surface area contributed by atoms with Crippen molar-refractivity contribution < 1.29 is 9.84 Å². The molecule has 9 nitrogen and oxygen atoms in total. The van der Waals surface area contributed by atoms with Gasteiger partial charge in [0, 0.05) is 6.61 Å². The summed E-state index contributed by atoms with van der Waals surface area (Å²) in [6.45, 7) is 2.13. The zero-order chi connectivity index (χ0) is 16.3. The van der Waals surface area contributed by atoms with Crippen molar-refractivity contribution in [1.82, 2.24) is 20.0 Å². The zero-order valence-corrected chi connectivity index (χ0v) is 12.9. The van der Waals surface area contributed by atoms with Crippen LogP contribution in [-0.4, -0.2) is 38.2 Å². The monoisotopic (exact) mass is 319 g/mol. The molecule has 0 aliphatic rings. The first kappa shape index (κ1) is 17.0. The molecule has 0 bridgehead atoms. The molecule has 3 N–H and O–H groups in total. The molecule has 0 aliphatic carbocycles. The molecular formula is C14H21N7O2. The summed E-state index contributed by atoms with van der Waals surface area (Å²) in [5, 5.41) is 23.6. The lowest BCUT2D eigenvalue weighted by molar-refractivity contribution is 0.115. The van der Waals surface area contributed by atoms with E-state index >= 15 is 0 Å². The summed E-state index contributed by atoms with van der Waals surface area (Å²) in [4.78, 5) is 4.52. The lowest BCUT2D eigenvalue weighted by Gasteiger charge is -2.06. The average molecular weight is 319 g/mol. The van der Waals surface area contributed by atoms with Crippen molar-refractivity contribution in [3.63, 3.8) is 0 Å². The third-order valence-corrected chi connectivity index (χ3v) is 3.06. The lowest BCUT2D eigenvalue weighted by Crippen LogP contribution is -2.05. The Kier molecular flexibility index (Phi) is 7.08. The molecule has 0 aliphatic heterocycles. The van der Waals surface area contributed by atoms with Crippen LogP contribution in [0.3, 0.4) is 0 Å². The van der Waals surface area contributed by atoms with Crippen LogP contribution in [0.2, 0.25) is 0 Å². The molecule has 9 heteroatoms. The van der Waals surface area contributed by atoms with Crippen molar-refractivity contribution in [3.8, 4) is 0 Å². The quantitative estimate of drug-likeness (QED) is 0.289. The third-order valence-electron chi connectivity index (χ3n) is 3.06. The summed E-state index contributed by atoms with van der Waals surface area (Å²) < 4.78 is 7.24. The van der Waals surface area contributed by atoms with Gasteiger partial charge in [0.05, 0.1) is 43.9 Å². The molecule has 0 saturated heterocycles. The van der Waals surface area contributed by atoms with Gasteiger partial charge in [0.2, 0.25) is 0 Å². The van der Waals surface area contributed by atoms with E-state index < -0.39 is 0 Å². The minimum Gasteiger partial charge on any atom is -0.390 e. The molecule has 2 aromatic heterocycles. The largest absolute Gasteiger partial charge is 0.390 e. The van der Waals surface area contributed by atoms with Gasteiger partial charge in [0.25, 0.3) is 0 Å². The van der Waals surface area contributed by atoms with Crippen molar-refractivity contribution >= 4 is 0 Å². The molecule has 0 fully saturated rings. The summed E-state index contributed by atoms with van der Waals surface area (Å²) in [6, 6.07) is 5.78. The number of rotatable bonds is 10. The van der Waals surface area contributed by atoms with E-state index in [1.54, 1.807) is 10.9 Å². The molecule has 0 unspecified atom stereocenters. The first-order chi connectivity index (χ1) is 11.3. The standard InChI is InChI=1S/C14H21N7O2/c15-19-16-6-1-2-7-23-11-13-5-3-4-12(17-13)8-21-9-14(10-22)18-20-21/h3-5,9,22H,1-2,6-8,10-11H2,(H2,15,16). The zero-order valence-electron chi connectivity index (χ0n) is 12.9. The number of hydrogen-bond donors (Lipinski definition) is 2. The number of unbranched alkanes of at least 4 members (excludes halogenated alkanes) is 1. The predicted molar refractivity (Wildman–Crippen MR) is 82.1 cm³/mol. The van der Waals surface area contributed by atoms with Gasteiger partial charge in [-0.15, -0.1) is 5.10 Å². The first-order valence-electron chi connectivity index (χ1n) is 7.41. The summed E-state index contributed by atoms with van der Waals surface area (Å²) in [5.74, 6) is 4.92. The van der Waals surface area contributed by atoms with Gasteiger partial charge in [0.15, 0.2) is 0 Å². The molecule has 0 spiro atoms. The molecule has 0 amide bonds. The SMILES string of the molecule is NN=NCCCCOCc1cccc(Cn2cc(CO)nn2)n1. The van der Waals surface area contributed by atoms with E-state index in [4.69, 9.17) is 15.7 Å². The number of aliphatic hydroxyl groups is 1. The van der Waals surface area contributed by atoms with E-state index in [1.807, 2.05) is 18.2 Å². The summed E-state index contributed by atoms with van der Waals surface area (Å²) in [5.41, 5.74) is 2.27. The molecule has 0 aromatic carbocycles. The minimum atomic E-state index is -0.117. The molecule has 2 aromatic rings. The van der Waals surface area contributed by atoms with Gasteiger partial charge in [-0.25, -0.2) is 4.68 Å². The van der Waals surface area contributed by atoms with E-state index in [0.717, 1.165) is 24.2 Å². The van der Waals surface area contributed by atoms with E-state index in [0.29, 0.717) is 32.0 Å². The van der Waals surface area contributed by atoms with E-state index in [1.165, 1.54) is 0 Å². The summed E-state index contributed by atoms with van der Waals surface area (Å²) in [6.07, 6.45) is 3.50. The number of nitrogens with two attached hydrogens (primary N) is 1. The molecular weight excluding hydrogens is 298 g/mol. The maximum Gasteiger partial charge on any atom is 0.108 e. The van der Waals surface area contributed by atoms with Gasteiger partial charge < -0.3 is 15.7 Å². The Balaban J connectivity index is 1.75. The number of aromatic nitrogens is 4. The highest BCUT2D eigenvalue weighted by Crippen LogP contribution is 2.04. The Morgan fingerprint density at radius 3 is 2.87 bits per heavy atom. The molecule has 2 rings (SSSR count). The highest BCUT2D eigenvalue weighted by molar-refractivity contribution is 5.11. The second-order valence-corrected chi connectivity index (χ2v) is 4.93. The lowest BCUT2D eigenvalue weighted by atomic mass is 10.3. The molecule has 0 radical (unpaired) electrons. The maximum atomic E-state index is 8.98. The van der Waals surface area contributed by atoms with Crippen LogP contribution in [-0.2, 0) is 24.5 Å². The van der Waals surface area contributed by atoms with Crippen molar-refractivity contribution in [2.75, 3.05) is 13.2 Å². The Hall–Kier alpha value is -2.39. The second kappa shape index (κ2) is 9.59. The normalized spacial score (nSPS) is 11.3. The second-order valence-electron chi connectivity index (χ2n) is 4.93. The Morgan fingerprint density at radius 2 is 2.09 bits per heavy atom. The van der Waals surface area contributed by atoms with Crippen molar-refractivity contribution in [2.24, 2.45) is 16.2 Å². The van der Waals surface area contributed by atoms with Gasteiger partial charge >= 0.3 is 0 Å². The summed E-state index contributed by atoms with van der Waals surface area (Å²) >= 11 is 0. The topological polar surface area (TPSA) is 124 Å². The summed E-state index contributed by atoms with van der Waals surface area (Å²) in [7, 11) is 0. The third kappa shape index (κ3) is 6.09. The van der Waals surface area contributed by atoms with Gasteiger partial charge in [0.1, 0.15) is 5.69 Å². The van der Waals surface area contributed by atoms with Gasteiger partial charge in [-0.1, -0.05) is 16.5 Å².